The molecular formula is C20H20F3N5O2. The molecule has 0 radical (unpaired) electrons. The molecule has 1 heterocycles. The van der Waals surface area contributed by atoms with Gasteiger partial charge in [-0.25, -0.2) is 0 Å². The van der Waals surface area contributed by atoms with Crippen LogP contribution in [-0.2, 0) is 10.9 Å². The molecule has 0 fully saturated rings. The first-order chi connectivity index (χ1) is 14.2. The number of benzene rings is 2. The van der Waals surface area contributed by atoms with Gasteiger partial charge in [0, 0.05) is 18.7 Å². The minimum atomic E-state index is -4.76. The number of tetrazole rings is 1. The smallest absolute Gasteiger partial charge is 0.383 e. The fourth-order valence-corrected chi connectivity index (χ4v) is 3.07. The predicted octanol–water partition coefficient (Wildman–Crippen LogP) is 3.42. The molecule has 3 rings (SSSR count). The molecule has 7 nitrogen and oxygen atoms in total. The zero-order chi connectivity index (χ0) is 21.9. The Hall–Kier alpha value is -3.27. The van der Waals surface area contributed by atoms with Gasteiger partial charge in [0.05, 0.1) is 12.3 Å². The molecule has 10 heteroatoms. The normalized spacial score (nSPS) is 12.6. The van der Waals surface area contributed by atoms with Gasteiger partial charge in [-0.05, 0) is 53.1 Å². The summed E-state index contributed by atoms with van der Waals surface area (Å²) in [4.78, 5) is 12.9. The van der Waals surface area contributed by atoms with Gasteiger partial charge in [0.15, 0.2) is 0 Å². The maximum absolute atomic E-state index is 13.4. The molecule has 1 N–H and O–H groups in total. The summed E-state index contributed by atoms with van der Waals surface area (Å²) in [5.41, 5.74) is 1.90. The van der Waals surface area contributed by atoms with Gasteiger partial charge in [-0.2, -0.15) is 17.9 Å². The van der Waals surface area contributed by atoms with E-state index in [0.717, 1.165) is 5.56 Å². The van der Waals surface area contributed by atoms with Gasteiger partial charge in [-0.3, -0.25) is 4.79 Å². The Morgan fingerprint density at radius 2 is 1.90 bits per heavy atom. The van der Waals surface area contributed by atoms with Crippen molar-refractivity contribution in [2.45, 2.75) is 26.1 Å². The third-order valence-electron chi connectivity index (χ3n) is 4.48. The molecule has 1 aromatic heterocycles. The number of hydrogen-bond acceptors (Lipinski definition) is 5. The molecular weight excluding hydrogens is 399 g/mol. The van der Waals surface area contributed by atoms with Crippen molar-refractivity contribution in [2.75, 3.05) is 13.7 Å². The van der Waals surface area contributed by atoms with Crippen LogP contribution in [0.2, 0.25) is 0 Å². The number of aromatic nitrogens is 4. The molecule has 2 aromatic carbocycles. The Morgan fingerprint density at radius 3 is 2.53 bits per heavy atom. The van der Waals surface area contributed by atoms with Crippen LogP contribution < -0.4 is 5.32 Å². The lowest BCUT2D eigenvalue weighted by Gasteiger charge is -2.18. The average Bonchev–Trinajstić information content (AvgIpc) is 3.19. The topological polar surface area (TPSA) is 81.9 Å². The highest BCUT2D eigenvalue weighted by atomic mass is 19.4. The number of ether oxygens (including phenoxy) is 1. The zero-order valence-electron chi connectivity index (χ0n) is 16.6. The first-order valence-corrected chi connectivity index (χ1v) is 9.08. The van der Waals surface area contributed by atoms with Crippen LogP contribution in [0.1, 0.15) is 28.7 Å². The van der Waals surface area contributed by atoms with E-state index in [1.165, 1.54) is 13.2 Å². The summed E-state index contributed by atoms with van der Waals surface area (Å²) in [5, 5.41) is 12.6. The summed E-state index contributed by atoms with van der Waals surface area (Å²) in [5.74, 6) is -1.70. The third kappa shape index (κ3) is 4.48. The van der Waals surface area contributed by atoms with E-state index in [-0.39, 0.29) is 17.3 Å². The first-order valence-electron chi connectivity index (χ1n) is 9.08. The molecule has 0 saturated carbocycles. The molecule has 1 unspecified atom stereocenters. The minimum absolute atomic E-state index is 0.0678. The number of nitrogens with one attached hydrogen (secondary N) is 1. The summed E-state index contributed by atoms with van der Waals surface area (Å²) >= 11 is 0. The number of nitrogens with zero attached hydrogens (tertiary/aromatic N) is 4. The zero-order valence-corrected chi connectivity index (χ0v) is 16.6. The molecule has 30 heavy (non-hydrogen) atoms. The van der Waals surface area contributed by atoms with E-state index < -0.39 is 17.9 Å². The van der Waals surface area contributed by atoms with Crippen LogP contribution in [0.25, 0.3) is 16.8 Å². The van der Waals surface area contributed by atoms with Crippen LogP contribution in [0.3, 0.4) is 0 Å². The van der Waals surface area contributed by atoms with Crippen LogP contribution in [-0.4, -0.2) is 45.9 Å². The van der Waals surface area contributed by atoms with Gasteiger partial charge in [0.25, 0.3) is 11.7 Å². The molecule has 0 aliphatic rings. The Kier molecular flexibility index (Phi) is 6.16. The van der Waals surface area contributed by atoms with E-state index in [4.69, 9.17) is 4.74 Å². The summed E-state index contributed by atoms with van der Waals surface area (Å²) in [6, 6.07) is 11.9. The van der Waals surface area contributed by atoms with Crippen LogP contribution >= 0.6 is 0 Å². The van der Waals surface area contributed by atoms with Crippen molar-refractivity contribution in [3.05, 3.63) is 59.4 Å². The summed E-state index contributed by atoms with van der Waals surface area (Å²) < 4.78 is 45.8. The van der Waals surface area contributed by atoms with Gasteiger partial charge in [0.2, 0.25) is 0 Å². The molecule has 3 aromatic rings. The monoisotopic (exact) mass is 419 g/mol. The fourth-order valence-electron chi connectivity index (χ4n) is 3.07. The quantitative estimate of drug-likeness (QED) is 0.662. The fraction of sp³-hybridized carbons (Fsp3) is 0.300. The van der Waals surface area contributed by atoms with E-state index in [0.29, 0.717) is 22.4 Å². The Bertz CT molecular complexity index is 1030. The highest BCUT2D eigenvalue weighted by Crippen LogP contribution is 2.32. The van der Waals surface area contributed by atoms with Gasteiger partial charge in [-0.1, -0.05) is 30.3 Å². The number of carbonyl (C=O) groups excluding carboxylic acids is 1. The van der Waals surface area contributed by atoms with Gasteiger partial charge >= 0.3 is 6.18 Å². The lowest BCUT2D eigenvalue weighted by molar-refractivity contribution is -0.146. The van der Waals surface area contributed by atoms with Gasteiger partial charge in [-0.15, -0.1) is 5.10 Å². The number of hydrogen-bond donors (Lipinski definition) is 1. The van der Waals surface area contributed by atoms with Crippen LogP contribution in [0.4, 0.5) is 13.2 Å². The van der Waals surface area contributed by atoms with E-state index in [1.54, 1.807) is 44.2 Å². The second-order valence-corrected chi connectivity index (χ2v) is 6.78. The van der Waals surface area contributed by atoms with Crippen molar-refractivity contribution in [1.29, 1.82) is 0 Å². The van der Waals surface area contributed by atoms with Gasteiger partial charge < -0.3 is 10.1 Å². The SMILES string of the molecule is COCC(C)NC(=O)c1cc(-c2ccccc2)cc(-n2nnnc2C(F)(F)F)c1C. The lowest BCUT2D eigenvalue weighted by atomic mass is 9.97. The third-order valence-corrected chi connectivity index (χ3v) is 4.48. The second kappa shape index (κ2) is 8.62. The van der Waals surface area contributed by atoms with Crippen LogP contribution in [0, 0.1) is 6.92 Å². The highest BCUT2D eigenvalue weighted by molar-refractivity contribution is 5.98. The minimum Gasteiger partial charge on any atom is -0.383 e. The molecule has 0 aliphatic carbocycles. The summed E-state index contributed by atoms with van der Waals surface area (Å²) in [6.07, 6.45) is -4.76. The van der Waals surface area contributed by atoms with Crippen molar-refractivity contribution in [3.8, 4) is 16.8 Å². The van der Waals surface area contributed by atoms with E-state index in [1.807, 2.05) is 6.07 Å². The number of amides is 1. The largest absolute Gasteiger partial charge is 0.453 e. The second-order valence-electron chi connectivity index (χ2n) is 6.78. The van der Waals surface area contributed by atoms with E-state index in [9.17, 15) is 18.0 Å². The molecule has 0 saturated heterocycles. The summed E-state index contributed by atoms with van der Waals surface area (Å²) in [7, 11) is 1.51. The predicted molar refractivity (Wildman–Crippen MR) is 103 cm³/mol. The van der Waals surface area contributed by atoms with Crippen molar-refractivity contribution < 1.29 is 22.7 Å². The van der Waals surface area contributed by atoms with Crippen molar-refractivity contribution >= 4 is 5.91 Å². The van der Waals surface area contributed by atoms with Crippen molar-refractivity contribution in [3.63, 3.8) is 0 Å². The molecule has 158 valence electrons. The van der Waals surface area contributed by atoms with Crippen molar-refractivity contribution in [2.24, 2.45) is 0 Å². The molecule has 0 bridgehead atoms. The number of halogens is 3. The molecule has 1 atom stereocenters. The number of methoxy groups -OCH3 is 1. The number of alkyl halides is 3. The number of carbonyl (C=O) groups is 1. The van der Waals surface area contributed by atoms with E-state index >= 15 is 0 Å². The molecule has 1 amide bonds. The molecule has 0 spiro atoms. The lowest BCUT2D eigenvalue weighted by Crippen LogP contribution is -2.36. The average molecular weight is 419 g/mol. The van der Waals surface area contributed by atoms with Crippen molar-refractivity contribution in [1.82, 2.24) is 25.5 Å². The summed E-state index contributed by atoms with van der Waals surface area (Å²) in [6.45, 7) is 3.62. The maximum atomic E-state index is 13.4. The van der Waals surface area contributed by atoms with Gasteiger partial charge in [0.1, 0.15) is 0 Å². The number of rotatable bonds is 6. The maximum Gasteiger partial charge on any atom is 0.453 e. The molecule has 0 aliphatic heterocycles. The Labute approximate surface area is 170 Å². The first kappa shape index (κ1) is 21.4. The Balaban J connectivity index is 2.18. The van der Waals surface area contributed by atoms with E-state index in [2.05, 4.69) is 20.8 Å². The standard InChI is InChI=1S/C20H20F3N5O2/c1-12(11-30-3)24-18(29)16-9-15(14-7-5-4-6-8-14)10-17(13(16)2)28-19(20(21,22)23)25-26-27-28/h4-10,12H,11H2,1-3H3,(H,24,29). The Morgan fingerprint density at radius 1 is 1.20 bits per heavy atom. The van der Waals surface area contributed by atoms with Crippen LogP contribution in [0.15, 0.2) is 42.5 Å². The van der Waals surface area contributed by atoms with Crippen LogP contribution in [0.5, 0.6) is 0 Å². The highest BCUT2D eigenvalue weighted by Gasteiger charge is 2.39.